The first kappa shape index (κ1) is 18.8. The number of carbonyl (C=O) groups excluding carboxylic acids is 1. The van der Waals surface area contributed by atoms with E-state index in [0.717, 1.165) is 47.1 Å². The summed E-state index contributed by atoms with van der Waals surface area (Å²) in [6.45, 7) is 1.54. The molecule has 1 aliphatic rings. The van der Waals surface area contributed by atoms with Gasteiger partial charge in [-0.2, -0.15) is 0 Å². The highest BCUT2D eigenvalue weighted by atomic mass is 35.5. The van der Waals surface area contributed by atoms with E-state index >= 15 is 0 Å². The molecule has 4 rings (SSSR count). The molecule has 2 aromatic heterocycles. The molecule has 1 aromatic carbocycles. The van der Waals surface area contributed by atoms with Gasteiger partial charge in [-0.15, -0.1) is 11.3 Å². The fraction of sp³-hybridized carbons (Fsp3) is 0.300. The summed E-state index contributed by atoms with van der Waals surface area (Å²) in [5.74, 6) is 0.742. The number of amides is 1. The first-order chi connectivity index (χ1) is 13.7. The van der Waals surface area contributed by atoms with Gasteiger partial charge in [-0.1, -0.05) is 23.7 Å². The zero-order valence-corrected chi connectivity index (χ0v) is 16.8. The molecule has 6 nitrogen and oxygen atoms in total. The van der Waals surface area contributed by atoms with Crippen molar-refractivity contribution >= 4 is 39.8 Å². The van der Waals surface area contributed by atoms with Gasteiger partial charge in [-0.25, -0.2) is 9.97 Å². The number of aromatic nitrogens is 3. The number of hydrogen-bond donors (Lipinski definition) is 1. The highest BCUT2D eigenvalue weighted by Crippen LogP contribution is 2.25. The lowest BCUT2D eigenvalue weighted by atomic mass is 9.97. The zero-order valence-electron chi connectivity index (χ0n) is 15.2. The minimum absolute atomic E-state index is 0.0113. The molecule has 1 fully saturated rings. The Bertz CT molecular complexity index is 949. The van der Waals surface area contributed by atoms with E-state index in [4.69, 9.17) is 11.6 Å². The number of nitrogens with one attached hydrogen (secondary N) is 1. The summed E-state index contributed by atoms with van der Waals surface area (Å²) in [4.78, 5) is 28.8. The van der Waals surface area contributed by atoms with Crippen molar-refractivity contribution in [1.82, 2.24) is 15.0 Å². The summed E-state index contributed by atoms with van der Waals surface area (Å²) in [5, 5.41) is 4.34. The molecule has 1 amide bonds. The fourth-order valence-corrected chi connectivity index (χ4v) is 4.42. The first-order valence-corrected chi connectivity index (χ1v) is 10.4. The normalized spacial score (nSPS) is 16.8. The highest BCUT2D eigenvalue weighted by molar-refractivity contribution is 7.15. The molecule has 144 valence electrons. The van der Waals surface area contributed by atoms with Gasteiger partial charge in [-0.05, 0) is 30.5 Å². The third kappa shape index (κ3) is 4.66. The fourth-order valence-electron chi connectivity index (χ4n) is 3.36. The van der Waals surface area contributed by atoms with Crippen molar-refractivity contribution in [3.63, 3.8) is 0 Å². The number of nitrogens with zero attached hydrogens (tertiary/aromatic N) is 4. The lowest BCUT2D eigenvalue weighted by molar-refractivity contribution is -0.120. The molecule has 0 spiro atoms. The minimum atomic E-state index is -0.0870. The van der Waals surface area contributed by atoms with Crippen molar-refractivity contribution in [2.24, 2.45) is 5.92 Å². The summed E-state index contributed by atoms with van der Waals surface area (Å²) in [6, 6.07) is 7.78. The number of halogens is 1. The number of thiazole rings is 1. The molecule has 0 radical (unpaired) electrons. The summed E-state index contributed by atoms with van der Waals surface area (Å²) < 4.78 is 0. The van der Waals surface area contributed by atoms with Gasteiger partial charge in [0.2, 0.25) is 5.91 Å². The van der Waals surface area contributed by atoms with Crippen LogP contribution < -0.4 is 10.2 Å². The molecule has 0 aliphatic carbocycles. The van der Waals surface area contributed by atoms with Crippen LogP contribution in [-0.4, -0.2) is 33.9 Å². The molecule has 3 heterocycles. The van der Waals surface area contributed by atoms with Gasteiger partial charge in [0.15, 0.2) is 5.13 Å². The molecule has 8 heteroatoms. The van der Waals surface area contributed by atoms with Crippen molar-refractivity contribution in [1.29, 1.82) is 0 Å². The number of anilines is 2. The van der Waals surface area contributed by atoms with Gasteiger partial charge in [-0.3, -0.25) is 9.78 Å². The Kier molecular flexibility index (Phi) is 5.83. The third-order valence-electron chi connectivity index (χ3n) is 4.72. The molecule has 0 unspecified atom stereocenters. The number of rotatable bonds is 5. The van der Waals surface area contributed by atoms with Crippen LogP contribution >= 0.6 is 22.9 Å². The van der Waals surface area contributed by atoms with Crippen molar-refractivity contribution in [2.45, 2.75) is 19.3 Å². The molecular formula is C20H20ClN5OS. The van der Waals surface area contributed by atoms with E-state index in [9.17, 15) is 4.79 Å². The lowest BCUT2D eigenvalue weighted by Gasteiger charge is -2.32. The Labute approximate surface area is 172 Å². The van der Waals surface area contributed by atoms with Crippen LogP contribution in [0.25, 0.3) is 0 Å². The zero-order chi connectivity index (χ0) is 19.3. The predicted molar refractivity (Wildman–Crippen MR) is 112 cm³/mol. The van der Waals surface area contributed by atoms with E-state index in [0.29, 0.717) is 11.7 Å². The van der Waals surface area contributed by atoms with Gasteiger partial charge >= 0.3 is 0 Å². The van der Waals surface area contributed by atoms with Crippen LogP contribution in [0.5, 0.6) is 0 Å². The first-order valence-electron chi connectivity index (χ1n) is 9.18. The Morgan fingerprint density at radius 1 is 1.29 bits per heavy atom. The van der Waals surface area contributed by atoms with Crippen molar-refractivity contribution in [2.75, 3.05) is 23.3 Å². The summed E-state index contributed by atoms with van der Waals surface area (Å²) >= 11 is 7.55. The molecule has 0 bridgehead atoms. The molecule has 1 N–H and O–H groups in total. The quantitative estimate of drug-likeness (QED) is 0.683. The second-order valence-electron chi connectivity index (χ2n) is 6.78. The largest absolute Gasteiger partial charge is 0.355 e. The van der Waals surface area contributed by atoms with Crippen LogP contribution in [0.3, 0.4) is 0 Å². The van der Waals surface area contributed by atoms with Gasteiger partial charge in [0.05, 0.1) is 12.1 Å². The third-order valence-corrected chi connectivity index (χ3v) is 5.86. The molecular weight excluding hydrogens is 394 g/mol. The van der Waals surface area contributed by atoms with Gasteiger partial charge in [0, 0.05) is 48.0 Å². The van der Waals surface area contributed by atoms with Crippen molar-refractivity contribution < 1.29 is 4.79 Å². The van der Waals surface area contributed by atoms with Crippen molar-refractivity contribution in [3.8, 4) is 0 Å². The SMILES string of the molecule is O=C(Nc1ncc(Cc2cccc(Cl)c2)s1)[C@H]1CCCN(c2cnccn2)C1. The van der Waals surface area contributed by atoms with Crippen LogP contribution in [0.15, 0.2) is 49.1 Å². The number of benzene rings is 1. The average Bonchev–Trinajstić information content (AvgIpc) is 3.15. The Morgan fingerprint density at radius 3 is 3.04 bits per heavy atom. The Balaban J connectivity index is 1.36. The van der Waals surface area contributed by atoms with Gasteiger partial charge < -0.3 is 10.2 Å². The van der Waals surface area contributed by atoms with Gasteiger partial charge in [0.1, 0.15) is 5.82 Å². The van der Waals surface area contributed by atoms with Crippen molar-refractivity contribution in [3.05, 3.63) is 64.5 Å². The van der Waals surface area contributed by atoms with E-state index in [1.165, 1.54) is 11.3 Å². The summed E-state index contributed by atoms with van der Waals surface area (Å²) in [5.41, 5.74) is 1.13. The van der Waals surface area contributed by atoms with E-state index in [1.807, 2.05) is 30.5 Å². The van der Waals surface area contributed by atoms with Crippen LogP contribution in [0.1, 0.15) is 23.3 Å². The summed E-state index contributed by atoms with van der Waals surface area (Å²) in [7, 11) is 0. The second kappa shape index (κ2) is 8.67. The topological polar surface area (TPSA) is 71.0 Å². The maximum Gasteiger partial charge on any atom is 0.231 e. The molecule has 28 heavy (non-hydrogen) atoms. The molecule has 0 saturated carbocycles. The number of carbonyl (C=O) groups is 1. The average molecular weight is 414 g/mol. The van der Waals surface area contributed by atoms with E-state index in [2.05, 4.69) is 25.2 Å². The monoisotopic (exact) mass is 413 g/mol. The second-order valence-corrected chi connectivity index (χ2v) is 8.33. The highest BCUT2D eigenvalue weighted by Gasteiger charge is 2.27. The van der Waals surface area contributed by atoms with Crippen LogP contribution in [-0.2, 0) is 11.2 Å². The van der Waals surface area contributed by atoms with Crippen LogP contribution in [0.2, 0.25) is 5.02 Å². The Morgan fingerprint density at radius 2 is 2.21 bits per heavy atom. The standard InChI is InChI=1S/C20H20ClN5OS/c21-16-5-1-3-14(9-16)10-17-11-24-20(28-17)25-19(27)15-4-2-8-26(13-15)18-12-22-6-7-23-18/h1,3,5-7,9,11-12,15H,2,4,8,10,13H2,(H,24,25,27)/t15-/m0/s1. The maximum atomic E-state index is 12.7. The van der Waals surface area contributed by atoms with Crippen LogP contribution in [0, 0.1) is 5.92 Å². The summed E-state index contributed by atoms with van der Waals surface area (Å²) in [6.07, 6.45) is 9.45. The van der Waals surface area contributed by atoms with Crippen LogP contribution in [0.4, 0.5) is 10.9 Å². The smallest absolute Gasteiger partial charge is 0.231 e. The molecule has 1 aliphatic heterocycles. The predicted octanol–water partition coefficient (Wildman–Crippen LogP) is 4.03. The number of piperidine rings is 1. The van der Waals surface area contributed by atoms with Gasteiger partial charge in [0.25, 0.3) is 0 Å². The maximum absolute atomic E-state index is 12.7. The minimum Gasteiger partial charge on any atom is -0.355 e. The Hall–Kier alpha value is -2.51. The van der Waals surface area contributed by atoms with E-state index < -0.39 is 0 Å². The molecule has 3 aromatic rings. The molecule has 1 atom stereocenters. The molecule has 1 saturated heterocycles. The number of hydrogen-bond acceptors (Lipinski definition) is 6. The lowest BCUT2D eigenvalue weighted by Crippen LogP contribution is -2.41. The van der Waals surface area contributed by atoms with E-state index in [1.54, 1.807) is 18.6 Å². The van der Waals surface area contributed by atoms with E-state index in [-0.39, 0.29) is 11.8 Å².